The standard InChI is InChI=1S/C16H20BrN3/c1-12-15(14-4-2-3-5-16(14)17)10-19-20(12)11-13-6-8-18-9-7-13/h2-5,10,13,18H,6-9,11H2,1H3. The van der Waals surface area contributed by atoms with Gasteiger partial charge in [0.2, 0.25) is 0 Å². The van der Waals surface area contributed by atoms with E-state index in [4.69, 9.17) is 0 Å². The van der Waals surface area contributed by atoms with Crippen LogP contribution in [0.25, 0.3) is 11.1 Å². The molecule has 1 N–H and O–H groups in total. The molecule has 1 aromatic heterocycles. The van der Waals surface area contributed by atoms with E-state index in [1.54, 1.807) is 0 Å². The highest BCUT2D eigenvalue weighted by Crippen LogP contribution is 2.30. The lowest BCUT2D eigenvalue weighted by atomic mass is 9.98. The number of benzene rings is 1. The van der Waals surface area contributed by atoms with Crippen LogP contribution in [0.4, 0.5) is 0 Å². The van der Waals surface area contributed by atoms with Crippen molar-refractivity contribution in [2.45, 2.75) is 26.3 Å². The predicted molar refractivity (Wildman–Crippen MR) is 85.7 cm³/mol. The van der Waals surface area contributed by atoms with Gasteiger partial charge in [0.05, 0.1) is 6.20 Å². The Bertz CT molecular complexity index is 585. The van der Waals surface area contributed by atoms with Crippen LogP contribution in [0.1, 0.15) is 18.5 Å². The zero-order chi connectivity index (χ0) is 13.9. The summed E-state index contributed by atoms with van der Waals surface area (Å²) in [4.78, 5) is 0. The number of rotatable bonds is 3. The van der Waals surface area contributed by atoms with Crippen molar-refractivity contribution in [2.75, 3.05) is 13.1 Å². The molecule has 0 bridgehead atoms. The van der Waals surface area contributed by atoms with Gasteiger partial charge in [-0.15, -0.1) is 0 Å². The van der Waals surface area contributed by atoms with Crippen molar-refractivity contribution in [3.63, 3.8) is 0 Å². The van der Waals surface area contributed by atoms with Crippen LogP contribution in [0.5, 0.6) is 0 Å². The Morgan fingerprint density at radius 3 is 2.75 bits per heavy atom. The fraction of sp³-hybridized carbons (Fsp3) is 0.438. The van der Waals surface area contributed by atoms with E-state index in [-0.39, 0.29) is 0 Å². The fourth-order valence-electron chi connectivity index (χ4n) is 2.88. The van der Waals surface area contributed by atoms with Gasteiger partial charge in [0.25, 0.3) is 0 Å². The maximum Gasteiger partial charge on any atom is 0.0571 e. The van der Waals surface area contributed by atoms with Crippen LogP contribution in [0.3, 0.4) is 0 Å². The zero-order valence-electron chi connectivity index (χ0n) is 11.8. The van der Waals surface area contributed by atoms with Gasteiger partial charge in [-0.25, -0.2) is 0 Å². The molecule has 1 saturated heterocycles. The monoisotopic (exact) mass is 333 g/mol. The summed E-state index contributed by atoms with van der Waals surface area (Å²) in [6.07, 6.45) is 4.50. The topological polar surface area (TPSA) is 29.9 Å². The maximum atomic E-state index is 4.60. The van der Waals surface area contributed by atoms with Gasteiger partial charge in [-0.3, -0.25) is 4.68 Å². The Kier molecular flexibility index (Phi) is 4.22. The summed E-state index contributed by atoms with van der Waals surface area (Å²) in [7, 11) is 0. The van der Waals surface area contributed by atoms with Crippen LogP contribution in [0.15, 0.2) is 34.9 Å². The molecule has 0 unspecified atom stereocenters. The number of piperidine rings is 1. The Balaban J connectivity index is 1.83. The van der Waals surface area contributed by atoms with E-state index in [0.29, 0.717) is 0 Å². The first-order chi connectivity index (χ1) is 9.75. The number of aromatic nitrogens is 2. The fourth-order valence-corrected chi connectivity index (χ4v) is 3.38. The van der Waals surface area contributed by atoms with Gasteiger partial charge in [-0.2, -0.15) is 5.10 Å². The lowest BCUT2D eigenvalue weighted by Crippen LogP contribution is -2.30. The minimum absolute atomic E-state index is 0.752. The van der Waals surface area contributed by atoms with Crippen LogP contribution in [0, 0.1) is 12.8 Å². The molecule has 0 spiro atoms. The molecule has 0 radical (unpaired) electrons. The van der Waals surface area contributed by atoms with Crippen LogP contribution < -0.4 is 5.32 Å². The van der Waals surface area contributed by atoms with Crippen LogP contribution in [-0.2, 0) is 6.54 Å². The number of hydrogen-bond acceptors (Lipinski definition) is 2. The normalized spacial score (nSPS) is 16.5. The summed E-state index contributed by atoms with van der Waals surface area (Å²) in [5.74, 6) is 0.752. The molecule has 2 aromatic rings. The molecular weight excluding hydrogens is 314 g/mol. The lowest BCUT2D eigenvalue weighted by Gasteiger charge is -2.23. The number of nitrogens with zero attached hydrogens (tertiary/aromatic N) is 2. The van der Waals surface area contributed by atoms with Crippen LogP contribution >= 0.6 is 15.9 Å². The van der Waals surface area contributed by atoms with Crippen molar-refractivity contribution < 1.29 is 0 Å². The molecule has 3 rings (SSSR count). The minimum Gasteiger partial charge on any atom is -0.317 e. The largest absolute Gasteiger partial charge is 0.317 e. The molecule has 1 aliphatic rings. The third kappa shape index (κ3) is 2.81. The second kappa shape index (κ2) is 6.10. The molecule has 1 aromatic carbocycles. The second-order valence-electron chi connectivity index (χ2n) is 5.50. The average Bonchev–Trinajstić information content (AvgIpc) is 2.82. The zero-order valence-corrected chi connectivity index (χ0v) is 13.4. The molecule has 106 valence electrons. The second-order valence-corrected chi connectivity index (χ2v) is 6.35. The molecule has 1 aliphatic heterocycles. The summed E-state index contributed by atoms with van der Waals surface area (Å²) in [5.41, 5.74) is 3.71. The summed E-state index contributed by atoms with van der Waals surface area (Å²) in [6.45, 7) is 5.49. The average molecular weight is 334 g/mol. The van der Waals surface area contributed by atoms with Crippen molar-refractivity contribution in [1.29, 1.82) is 0 Å². The molecule has 0 atom stereocenters. The molecule has 1 fully saturated rings. The maximum absolute atomic E-state index is 4.60. The van der Waals surface area contributed by atoms with Gasteiger partial charge >= 0.3 is 0 Å². The number of nitrogens with one attached hydrogen (secondary N) is 1. The molecular formula is C16H20BrN3. The third-order valence-electron chi connectivity index (χ3n) is 4.16. The highest BCUT2D eigenvalue weighted by molar-refractivity contribution is 9.10. The smallest absolute Gasteiger partial charge is 0.0571 e. The van der Waals surface area contributed by atoms with E-state index in [1.165, 1.54) is 29.7 Å². The number of halogens is 1. The van der Waals surface area contributed by atoms with E-state index in [1.807, 2.05) is 12.3 Å². The van der Waals surface area contributed by atoms with Gasteiger partial charge in [0.1, 0.15) is 0 Å². The van der Waals surface area contributed by atoms with E-state index in [2.05, 4.69) is 56.2 Å². The molecule has 20 heavy (non-hydrogen) atoms. The van der Waals surface area contributed by atoms with E-state index < -0.39 is 0 Å². The summed E-state index contributed by atoms with van der Waals surface area (Å²) in [5, 5.41) is 8.02. The molecule has 0 amide bonds. The molecule has 2 heterocycles. The minimum atomic E-state index is 0.752. The van der Waals surface area contributed by atoms with Gasteiger partial charge in [-0.1, -0.05) is 34.1 Å². The highest BCUT2D eigenvalue weighted by atomic mass is 79.9. The van der Waals surface area contributed by atoms with Gasteiger partial charge < -0.3 is 5.32 Å². The van der Waals surface area contributed by atoms with Crippen molar-refractivity contribution in [2.24, 2.45) is 5.92 Å². The van der Waals surface area contributed by atoms with Gasteiger partial charge in [-0.05, 0) is 50.4 Å². The predicted octanol–water partition coefficient (Wildman–Crippen LogP) is 3.62. The Morgan fingerprint density at radius 2 is 2.00 bits per heavy atom. The van der Waals surface area contributed by atoms with Crippen molar-refractivity contribution in [3.05, 3.63) is 40.6 Å². The van der Waals surface area contributed by atoms with Gasteiger partial charge in [0.15, 0.2) is 0 Å². The highest BCUT2D eigenvalue weighted by Gasteiger charge is 2.17. The van der Waals surface area contributed by atoms with E-state index >= 15 is 0 Å². The van der Waals surface area contributed by atoms with Gasteiger partial charge in [0, 0.05) is 22.3 Å². The molecule has 4 heteroatoms. The Morgan fingerprint density at radius 1 is 1.25 bits per heavy atom. The van der Waals surface area contributed by atoms with Crippen molar-refractivity contribution in [1.82, 2.24) is 15.1 Å². The first-order valence-electron chi connectivity index (χ1n) is 7.23. The van der Waals surface area contributed by atoms with Crippen molar-refractivity contribution >= 4 is 15.9 Å². The van der Waals surface area contributed by atoms with E-state index in [9.17, 15) is 0 Å². The molecule has 0 saturated carbocycles. The molecule has 3 nitrogen and oxygen atoms in total. The lowest BCUT2D eigenvalue weighted by molar-refractivity contribution is 0.319. The first-order valence-corrected chi connectivity index (χ1v) is 8.03. The van der Waals surface area contributed by atoms with Crippen molar-refractivity contribution in [3.8, 4) is 11.1 Å². The van der Waals surface area contributed by atoms with Crippen LogP contribution in [-0.4, -0.2) is 22.9 Å². The van der Waals surface area contributed by atoms with Crippen LogP contribution in [0.2, 0.25) is 0 Å². The molecule has 0 aliphatic carbocycles. The summed E-state index contributed by atoms with van der Waals surface area (Å²) >= 11 is 3.63. The summed E-state index contributed by atoms with van der Waals surface area (Å²) in [6, 6.07) is 8.34. The quantitative estimate of drug-likeness (QED) is 0.929. The Hall–Kier alpha value is -1.13. The summed E-state index contributed by atoms with van der Waals surface area (Å²) < 4.78 is 3.30. The SMILES string of the molecule is Cc1c(-c2ccccc2Br)cnn1CC1CCNCC1. The van der Waals surface area contributed by atoms with E-state index in [0.717, 1.165) is 30.0 Å². The Labute approximate surface area is 128 Å². The third-order valence-corrected chi connectivity index (χ3v) is 4.85. The number of hydrogen-bond donors (Lipinski definition) is 1. The first kappa shape index (κ1) is 13.8.